The lowest BCUT2D eigenvalue weighted by molar-refractivity contribution is -0.141. The van der Waals surface area contributed by atoms with Crippen molar-refractivity contribution in [1.29, 1.82) is 0 Å². The summed E-state index contributed by atoms with van der Waals surface area (Å²) < 4.78 is 52.1. The van der Waals surface area contributed by atoms with Gasteiger partial charge in [-0.25, -0.2) is 17.6 Å². The van der Waals surface area contributed by atoms with Crippen LogP contribution in [0.25, 0.3) is 0 Å². The van der Waals surface area contributed by atoms with E-state index in [4.69, 9.17) is 5.11 Å². The van der Waals surface area contributed by atoms with Crippen LogP contribution in [0.15, 0.2) is 6.07 Å². The first kappa shape index (κ1) is 16.9. The molecule has 0 radical (unpaired) electrons. The fourth-order valence-corrected chi connectivity index (χ4v) is 1.71. The number of halogens is 4. The Morgan fingerprint density at radius 3 is 2.33 bits per heavy atom. The quantitative estimate of drug-likeness (QED) is 0.482. The minimum Gasteiger partial charge on any atom is -0.481 e. The Kier molecular flexibility index (Phi) is 5.69. The fourth-order valence-electron chi connectivity index (χ4n) is 1.71. The van der Waals surface area contributed by atoms with Crippen molar-refractivity contribution in [2.24, 2.45) is 5.92 Å². The van der Waals surface area contributed by atoms with E-state index in [1.807, 2.05) is 0 Å². The topological polar surface area (TPSA) is 66.4 Å². The van der Waals surface area contributed by atoms with Gasteiger partial charge >= 0.3 is 5.97 Å². The number of rotatable bonds is 6. The van der Waals surface area contributed by atoms with E-state index in [9.17, 15) is 27.2 Å². The maximum absolute atomic E-state index is 13.4. The number of amides is 1. The van der Waals surface area contributed by atoms with Crippen molar-refractivity contribution in [2.45, 2.75) is 19.8 Å². The van der Waals surface area contributed by atoms with Crippen LogP contribution in [0.5, 0.6) is 0 Å². The molecule has 0 saturated heterocycles. The molecular formula is C13H13F4NO3. The molecule has 0 aliphatic rings. The fraction of sp³-hybridized carbons (Fsp3) is 0.385. The molecule has 1 aromatic rings. The number of benzene rings is 1. The number of carboxylic acid groups (broad SMARTS) is 1. The van der Waals surface area contributed by atoms with E-state index < -0.39 is 46.6 Å². The van der Waals surface area contributed by atoms with E-state index in [0.717, 1.165) is 0 Å². The highest BCUT2D eigenvalue weighted by Gasteiger charge is 2.24. The molecule has 0 saturated carbocycles. The smallest absolute Gasteiger partial charge is 0.308 e. The van der Waals surface area contributed by atoms with Gasteiger partial charge in [0, 0.05) is 6.54 Å². The summed E-state index contributed by atoms with van der Waals surface area (Å²) in [5.74, 6) is -10.9. The van der Waals surface area contributed by atoms with E-state index in [-0.39, 0.29) is 19.0 Å². The molecule has 0 aromatic heterocycles. The van der Waals surface area contributed by atoms with Gasteiger partial charge in [0.05, 0.1) is 11.5 Å². The third kappa shape index (κ3) is 3.93. The Balaban J connectivity index is 2.88. The monoisotopic (exact) mass is 307 g/mol. The second kappa shape index (κ2) is 7.05. The number of aliphatic carboxylic acids is 1. The molecule has 1 aromatic carbocycles. The highest BCUT2D eigenvalue weighted by molar-refractivity contribution is 5.94. The number of hydrogen-bond donors (Lipinski definition) is 2. The standard InChI is InChI=1S/C13H13F4NO3/c1-2-3-6(13(20)21)5-18-12(19)7-4-8(14)10(16)11(17)9(7)15/h4,6H,2-3,5H2,1H3,(H,18,19)(H,20,21). The zero-order valence-corrected chi connectivity index (χ0v) is 11.1. The highest BCUT2D eigenvalue weighted by atomic mass is 19.2. The molecule has 1 rings (SSSR count). The second-order valence-corrected chi connectivity index (χ2v) is 4.38. The molecule has 0 aliphatic heterocycles. The molecule has 4 nitrogen and oxygen atoms in total. The number of carbonyl (C=O) groups is 2. The van der Waals surface area contributed by atoms with Gasteiger partial charge in [-0.3, -0.25) is 9.59 Å². The number of carbonyl (C=O) groups excluding carboxylic acids is 1. The molecule has 0 heterocycles. The molecule has 1 amide bonds. The zero-order chi connectivity index (χ0) is 16.2. The van der Waals surface area contributed by atoms with Crippen LogP contribution in [0.2, 0.25) is 0 Å². The van der Waals surface area contributed by atoms with Gasteiger partial charge < -0.3 is 10.4 Å². The first-order valence-electron chi connectivity index (χ1n) is 6.13. The second-order valence-electron chi connectivity index (χ2n) is 4.38. The highest BCUT2D eigenvalue weighted by Crippen LogP contribution is 2.18. The summed E-state index contributed by atoms with van der Waals surface area (Å²) in [6.45, 7) is 1.41. The Bertz CT molecular complexity index is 563. The zero-order valence-electron chi connectivity index (χ0n) is 11.1. The van der Waals surface area contributed by atoms with Gasteiger partial charge in [-0.15, -0.1) is 0 Å². The van der Waals surface area contributed by atoms with Crippen molar-refractivity contribution < 1.29 is 32.3 Å². The maximum atomic E-state index is 13.4. The molecule has 1 unspecified atom stereocenters. The summed E-state index contributed by atoms with van der Waals surface area (Å²) in [6.07, 6.45) is 0.811. The normalized spacial score (nSPS) is 12.0. The van der Waals surface area contributed by atoms with Gasteiger partial charge in [0.15, 0.2) is 23.3 Å². The minimum absolute atomic E-state index is 0.221. The molecule has 116 valence electrons. The predicted molar refractivity (Wildman–Crippen MR) is 64.6 cm³/mol. The molecule has 0 bridgehead atoms. The van der Waals surface area contributed by atoms with E-state index in [2.05, 4.69) is 5.32 Å². The maximum Gasteiger partial charge on any atom is 0.308 e. The molecule has 21 heavy (non-hydrogen) atoms. The lowest BCUT2D eigenvalue weighted by Gasteiger charge is -2.13. The Labute approximate surface area is 117 Å². The van der Waals surface area contributed by atoms with Gasteiger partial charge in [0.2, 0.25) is 0 Å². The Hall–Kier alpha value is -2.12. The van der Waals surface area contributed by atoms with Gasteiger partial charge in [-0.1, -0.05) is 13.3 Å². The number of carboxylic acids is 1. The van der Waals surface area contributed by atoms with Crippen LogP contribution in [0, 0.1) is 29.2 Å². The van der Waals surface area contributed by atoms with Crippen LogP contribution < -0.4 is 5.32 Å². The van der Waals surface area contributed by atoms with Crippen LogP contribution in [-0.2, 0) is 4.79 Å². The van der Waals surface area contributed by atoms with Crippen molar-refractivity contribution in [1.82, 2.24) is 5.32 Å². The average molecular weight is 307 g/mol. The summed E-state index contributed by atoms with van der Waals surface area (Å²) >= 11 is 0. The van der Waals surface area contributed by atoms with E-state index in [0.29, 0.717) is 6.42 Å². The number of nitrogens with one attached hydrogen (secondary N) is 1. The molecule has 8 heteroatoms. The molecule has 1 atom stereocenters. The average Bonchev–Trinajstić information content (AvgIpc) is 2.44. The van der Waals surface area contributed by atoms with E-state index in [1.165, 1.54) is 0 Å². The summed E-state index contributed by atoms with van der Waals surface area (Å²) in [5, 5.41) is 10.9. The van der Waals surface area contributed by atoms with Gasteiger partial charge in [0.25, 0.3) is 5.91 Å². The SMILES string of the molecule is CCCC(CNC(=O)c1cc(F)c(F)c(F)c1F)C(=O)O. The van der Waals surface area contributed by atoms with E-state index in [1.54, 1.807) is 6.92 Å². The van der Waals surface area contributed by atoms with Gasteiger partial charge in [-0.05, 0) is 12.5 Å². The number of hydrogen-bond acceptors (Lipinski definition) is 2. The Morgan fingerprint density at radius 2 is 1.81 bits per heavy atom. The van der Waals surface area contributed by atoms with Gasteiger partial charge in [0.1, 0.15) is 0 Å². The summed E-state index contributed by atoms with van der Waals surface area (Å²) in [5.41, 5.74) is -1.02. The third-order valence-electron chi connectivity index (χ3n) is 2.84. The minimum atomic E-state index is -2.09. The van der Waals surface area contributed by atoms with Crippen molar-refractivity contribution in [3.05, 3.63) is 34.9 Å². The largest absolute Gasteiger partial charge is 0.481 e. The first-order chi connectivity index (χ1) is 9.79. The summed E-state index contributed by atoms with van der Waals surface area (Å²) in [4.78, 5) is 22.5. The summed E-state index contributed by atoms with van der Waals surface area (Å²) in [7, 11) is 0. The predicted octanol–water partition coefficient (Wildman–Crippen LogP) is 2.47. The van der Waals surface area contributed by atoms with Crippen molar-refractivity contribution >= 4 is 11.9 Å². The van der Waals surface area contributed by atoms with Crippen LogP contribution in [0.4, 0.5) is 17.6 Å². The van der Waals surface area contributed by atoms with Crippen LogP contribution in [-0.4, -0.2) is 23.5 Å². The lowest BCUT2D eigenvalue weighted by Crippen LogP contribution is -2.33. The molecule has 2 N–H and O–H groups in total. The molecule has 0 aliphatic carbocycles. The lowest BCUT2D eigenvalue weighted by atomic mass is 10.0. The molecular weight excluding hydrogens is 294 g/mol. The van der Waals surface area contributed by atoms with Crippen LogP contribution >= 0.6 is 0 Å². The van der Waals surface area contributed by atoms with Crippen molar-refractivity contribution in [3.63, 3.8) is 0 Å². The van der Waals surface area contributed by atoms with Crippen LogP contribution in [0.3, 0.4) is 0 Å². The molecule has 0 fully saturated rings. The van der Waals surface area contributed by atoms with Crippen molar-refractivity contribution in [3.8, 4) is 0 Å². The molecule has 0 spiro atoms. The van der Waals surface area contributed by atoms with Crippen molar-refractivity contribution in [2.75, 3.05) is 6.54 Å². The third-order valence-corrected chi connectivity index (χ3v) is 2.84. The van der Waals surface area contributed by atoms with Gasteiger partial charge in [-0.2, -0.15) is 0 Å². The Morgan fingerprint density at radius 1 is 1.19 bits per heavy atom. The van der Waals surface area contributed by atoms with E-state index >= 15 is 0 Å². The first-order valence-corrected chi connectivity index (χ1v) is 6.13. The summed E-state index contributed by atoms with van der Waals surface area (Å²) in [6, 6.07) is 0.221. The van der Waals surface area contributed by atoms with Crippen LogP contribution in [0.1, 0.15) is 30.1 Å².